The van der Waals surface area contributed by atoms with Crippen LogP contribution in [-0.4, -0.2) is 44.1 Å². The third-order valence-corrected chi connectivity index (χ3v) is 5.12. The molecule has 34 heavy (non-hydrogen) atoms. The van der Waals surface area contributed by atoms with Crippen LogP contribution in [0.3, 0.4) is 0 Å². The quantitative estimate of drug-likeness (QED) is 0.346. The van der Waals surface area contributed by atoms with Crippen molar-refractivity contribution in [1.29, 1.82) is 0 Å². The van der Waals surface area contributed by atoms with Gasteiger partial charge >= 0.3 is 5.97 Å². The Morgan fingerprint density at radius 2 is 1.85 bits per heavy atom. The lowest BCUT2D eigenvalue weighted by molar-refractivity contribution is -0.160. The molecule has 2 rings (SSSR count). The number of aliphatic hydroxyl groups is 1. The predicted octanol–water partition coefficient (Wildman–Crippen LogP) is 3.20. The zero-order valence-electron chi connectivity index (χ0n) is 20.3. The van der Waals surface area contributed by atoms with Gasteiger partial charge in [0, 0.05) is 25.6 Å². The van der Waals surface area contributed by atoms with Crippen LogP contribution in [0.2, 0.25) is 5.15 Å². The number of nitrogens with zero attached hydrogens (tertiary/aromatic N) is 2. The molecule has 0 aliphatic carbocycles. The average Bonchev–Trinajstić information content (AvgIpc) is 3.04. The lowest BCUT2D eigenvalue weighted by Crippen LogP contribution is -2.50. The first-order valence-corrected chi connectivity index (χ1v) is 11.6. The van der Waals surface area contributed by atoms with Crippen LogP contribution in [0.4, 0.5) is 5.69 Å². The van der Waals surface area contributed by atoms with Gasteiger partial charge in [-0.2, -0.15) is 0 Å². The van der Waals surface area contributed by atoms with Crippen molar-refractivity contribution in [2.24, 2.45) is 0 Å². The first-order chi connectivity index (χ1) is 15.9. The van der Waals surface area contributed by atoms with Gasteiger partial charge in [-0.3, -0.25) is 9.59 Å². The van der Waals surface area contributed by atoms with E-state index in [0.717, 1.165) is 30.7 Å². The maximum atomic E-state index is 12.7. The van der Waals surface area contributed by atoms with Crippen LogP contribution in [0.15, 0.2) is 24.3 Å². The Labute approximate surface area is 204 Å². The second kappa shape index (κ2) is 12.0. The number of hydrogen-bond acceptors (Lipinski definition) is 6. The lowest BCUT2D eigenvalue weighted by Gasteiger charge is -2.23. The van der Waals surface area contributed by atoms with E-state index in [1.807, 2.05) is 16.7 Å². The normalized spacial score (nSPS) is 12.2. The number of amides is 2. The number of unbranched alkanes of at least 4 members (excludes halogenated alkanes) is 1. The summed E-state index contributed by atoms with van der Waals surface area (Å²) in [6.45, 7) is 8.57. The largest absolute Gasteiger partial charge is 0.458 e. The number of hydrogen-bond donors (Lipinski definition) is 3. The number of esters is 1. The van der Waals surface area contributed by atoms with Crippen molar-refractivity contribution in [1.82, 2.24) is 14.9 Å². The molecule has 0 unspecified atom stereocenters. The standard InChI is InChI=1S/C24H33ClN4O5/c1-6-7-8-19-28-21(25)18(14-30)29(19)13-16-9-11-17(12-10-16)27-22(32)20(26-15(2)31)23(33)34-24(3,4)5/h9-12,20,30H,6-8,13-14H2,1-5H3,(H,26,31)(H,27,32)/t20-/m0/s1. The summed E-state index contributed by atoms with van der Waals surface area (Å²) in [4.78, 5) is 41.0. The first-order valence-electron chi connectivity index (χ1n) is 11.2. The number of rotatable bonds is 10. The number of carbonyl (C=O) groups excluding carboxylic acids is 3. The van der Waals surface area contributed by atoms with Crippen LogP contribution in [0.1, 0.15) is 64.5 Å². The van der Waals surface area contributed by atoms with Crippen molar-refractivity contribution in [3.63, 3.8) is 0 Å². The molecule has 0 aliphatic heterocycles. The molecule has 1 heterocycles. The van der Waals surface area contributed by atoms with E-state index >= 15 is 0 Å². The Kier molecular flexibility index (Phi) is 9.64. The molecule has 2 aromatic rings. The molecule has 9 nitrogen and oxygen atoms in total. The monoisotopic (exact) mass is 492 g/mol. The Bertz CT molecular complexity index is 1010. The molecule has 10 heteroatoms. The van der Waals surface area contributed by atoms with Crippen molar-refractivity contribution < 1.29 is 24.2 Å². The Hall–Kier alpha value is -2.91. The van der Waals surface area contributed by atoms with Gasteiger partial charge in [-0.15, -0.1) is 0 Å². The van der Waals surface area contributed by atoms with Gasteiger partial charge < -0.3 is 25.0 Å². The van der Waals surface area contributed by atoms with Gasteiger partial charge in [-0.25, -0.2) is 9.78 Å². The van der Waals surface area contributed by atoms with Gasteiger partial charge in [0.15, 0.2) is 5.15 Å². The van der Waals surface area contributed by atoms with Gasteiger partial charge in [0.1, 0.15) is 11.4 Å². The van der Waals surface area contributed by atoms with Crippen molar-refractivity contribution in [2.75, 3.05) is 5.32 Å². The number of aromatic nitrogens is 2. The van der Waals surface area contributed by atoms with Crippen molar-refractivity contribution in [3.05, 3.63) is 46.5 Å². The molecule has 0 saturated carbocycles. The summed E-state index contributed by atoms with van der Waals surface area (Å²) in [6.07, 6.45) is 2.71. The topological polar surface area (TPSA) is 123 Å². The number of nitrogens with one attached hydrogen (secondary N) is 2. The van der Waals surface area contributed by atoms with E-state index in [1.165, 1.54) is 6.92 Å². The van der Waals surface area contributed by atoms with E-state index in [1.54, 1.807) is 32.9 Å². The number of carbonyl (C=O) groups is 3. The van der Waals surface area contributed by atoms with Crippen molar-refractivity contribution >= 4 is 35.1 Å². The number of aliphatic hydroxyl groups excluding tert-OH is 1. The van der Waals surface area contributed by atoms with E-state index in [0.29, 0.717) is 23.1 Å². The summed E-state index contributed by atoms with van der Waals surface area (Å²) in [5, 5.41) is 15.0. The van der Waals surface area contributed by atoms with Crippen LogP contribution in [0, 0.1) is 0 Å². The van der Waals surface area contributed by atoms with Crippen LogP contribution in [-0.2, 0) is 38.7 Å². The molecule has 2 amide bonds. The minimum absolute atomic E-state index is 0.221. The van der Waals surface area contributed by atoms with E-state index in [2.05, 4.69) is 22.5 Å². The van der Waals surface area contributed by atoms with Crippen LogP contribution < -0.4 is 10.6 Å². The molecule has 186 valence electrons. The number of ether oxygens (including phenoxy) is 1. The molecule has 1 aromatic carbocycles. The maximum Gasteiger partial charge on any atom is 0.339 e. The summed E-state index contributed by atoms with van der Waals surface area (Å²) in [5.41, 5.74) is 1.10. The van der Waals surface area contributed by atoms with E-state index in [-0.39, 0.29) is 6.61 Å². The smallest absolute Gasteiger partial charge is 0.339 e. The molecule has 1 aromatic heterocycles. The molecule has 0 saturated heterocycles. The molecule has 1 atom stereocenters. The molecule has 0 fully saturated rings. The second-order valence-electron chi connectivity index (χ2n) is 8.97. The molecular formula is C24H33ClN4O5. The zero-order chi connectivity index (χ0) is 25.5. The number of imidazole rings is 1. The molecule has 0 aliphatic rings. The van der Waals surface area contributed by atoms with E-state index < -0.39 is 29.4 Å². The van der Waals surface area contributed by atoms with Crippen LogP contribution in [0.25, 0.3) is 0 Å². The predicted molar refractivity (Wildman–Crippen MR) is 129 cm³/mol. The van der Waals surface area contributed by atoms with Gasteiger partial charge in [0.05, 0.1) is 12.3 Å². The number of halogens is 1. The van der Waals surface area contributed by atoms with Gasteiger partial charge in [0.2, 0.25) is 11.9 Å². The number of aryl methyl sites for hydroxylation is 1. The molecule has 3 N–H and O–H groups in total. The van der Waals surface area contributed by atoms with Crippen LogP contribution in [0.5, 0.6) is 0 Å². The van der Waals surface area contributed by atoms with Gasteiger partial charge in [0.25, 0.3) is 5.91 Å². The summed E-state index contributed by atoms with van der Waals surface area (Å²) in [7, 11) is 0. The maximum absolute atomic E-state index is 12.7. The van der Waals surface area contributed by atoms with E-state index in [9.17, 15) is 19.5 Å². The fourth-order valence-electron chi connectivity index (χ4n) is 3.25. The minimum atomic E-state index is -1.47. The Balaban J connectivity index is 2.15. The fraction of sp³-hybridized carbons (Fsp3) is 0.500. The summed E-state index contributed by atoms with van der Waals surface area (Å²) < 4.78 is 7.16. The Morgan fingerprint density at radius 1 is 1.21 bits per heavy atom. The highest BCUT2D eigenvalue weighted by Gasteiger charge is 2.32. The third-order valence-electron chi connectivity index (χ3n) is 4.82. The third kappa shape index (κ3) is 7.85. The highest BCUT2D eigenvalue weighted by molar-refractivity contribution is 6.30. The molecule has 0 spiro atoms. The lowest BCUT2D eigenvalue weighted by atomic mass is 10.1. The molecule has 0 bridgehead atoms. The highest BCUT2D eigenvalue weighted by Crippen LogP contribution is 2.21. The van der Waals surface area contributed by atoms with Crippen molar-refractivity contribution in [3.8, 4) is 0 Å². The fourth-order valence-corrected chi connectivity index (χ4v) is 3.51. The summed E-state index contributed by atoms with van der Waals surface area (Å²) in [6, 6.07) is 5.54. The number of anilines is 1. The minimum Gasteiger partial charge on any atom is -0.458 e. The van der Waals surface area contributed by atoms with Crippen LogP contribution >= 0.6 is 11.6 Å². The zero-order valence-corrected chi connectivity index (χ0v) is 21.0. The Morgan fingerprint density at radius 3 is 2.38 bits per heavy atom. The van der Waals surface area contributed by atoms with E-state index in [4.69, 9.17) is 16.3 Å². The second-order valence-corrected chi connectivity index (χ2v) is 9.32. The van der Waals surface area contributed by atoms with Gasteiger partial charge in [-0.05, 0) is 44.9 Å². The summed E-state index contributed by atoms with van der Waals surface area (Å²) >= 11 is 6.20. The first kappa shape index (κ1) is 27.3. The number of benzene rings is 1. The average molecular weight is 493 g/mol. The SMILES string of the molecule is CCCCc1nc(Cl)c(CO)n1Cc1ccc(NC(=O)[C@H](NC(C)=O)C(=O)OC(C)(C)C)cc1. The highest BCUT2D eigenvalue weighted by atomic mass is 35.5. The van der Waals surface area contributed by atoms with Gasteiger partial charge in [-0.1, -0.05) is 37.1 Å². The van der Waals surface area contributed by atoms with Crippen molar-refractivity contribution in [2.45, 2.75) is 78.7 Å². The molecule has 0 radical (unpaired) electrons. The summed E-state index contributed by atoms with van der Waals surface area (Å²) in [5.74, 6) is -1.27. The molecular weight excluding hydrogens is 460 g/mol.